The van der Waals surface area contributed by atoms with Crippen LogP contribution in [0.3, 0.4) is 0 Å². The molecule has 2 heteroatoms. The summed E-state index contributed by atoms with van der Waals surface area (Å²) in [5.74, 6) is 14.3. The monoisotopic (exact) mass is 1340 g/mol. The highest BCUT2D eigenvalue weighted by molar-refractivity contribution is 5.72. The van der Waals surface area contributed by atoms with E-state index in [-0.39, 0.29) is 10.8 Å². The zero-order chi connectivity index (χ0) is 70.3. The van der Waals surface area contributed by atoms with Gasteiger partial charge in [-0.15, -0.1) is 0 Å². The molecule has 0 amide bonds. The highest BCUT2D eigenvalue weighted by atomic mass is 16.5. The molecular weight excluding hydrogens is 1260 g/mol. The summed E-state index contributed by atoms with van der Waals surface area (Å²) in [6.07, 6.45) is 10.3. The predicted octanol–water partition coefficient (Wildman–Crippen LogP) is 25.8. The van der Waals surface area contributed by atoms with Gasteiger partial charge in [0.15, 0.2) is 0 Å². The fourth-order valence-electron chi connectivity index (χ4n) is 14.9. The van der Waals surface area contributed by atoms with Crippen molar-refractivity contribution in [3.63, 3.8) is 0 Å². The van der Waals surface area contributed by atoms with Crippen LogP contribution in [0, 0.1) is 23.7 Å². The molecule has 14 aromatic carbocycles. The van der Waals surface area contributed by atoms with Crippen molar-refractivity contribution in [1.82, 2.24) is 0 Å². The van der Waals surface area contributed by atoms with Crippen LogP contribution in [0.1, 0.15) is 109 Å². The van der Waals surface area contributed by atoms with Crippen LogP contribution >= 0.6 is 0 Å². The number of unbranched alkanes of at least 4 members (excludes halogenated alkanes) is 6. The first-order chi connectivity index (χ1) is 51.5. The van der Waals surface area contributed by atoms with Crippen molar-refractivity contribution in [2.75, 3.05) is 13.2 Å². The lowest BCUT2D eigenvalue weighted by atomic mass is 9.66. The SMILES string of the molecule is C(C#Cc1ccc(OCCCCCCC(c2ccc(-c3ccccc3)cc2)(c2ccc(-c3ccccc3)cc2)c2ccc(-c3ccccc3)cc2)cc1)#Cc1ccc(OCCCCCCC(c2ccc(-c3ccccc3)cc2)(c2ccc(-c3ccccc3)cc2)c2ccc(-c3ccccc3)cc2)cc1. The largest absolute Gasteiger partial charge is 0.494 e. The second-order valence-corrected chi connectivity index (χ2v) is 27.0. The van der Waals surface area contributed by atoms with Crippen LogP contribution in [0.15, 0.2) is 376 Å². The van der Waals surface area contributed by atoms with Crippen LogP contribution in [0.5, 0.6) is 11.5 Å². The lowest BCUT2D eigenvalue weighted by molar-refractivity contribution is 0.303. The Bertz CT molecular complexity index is 4340. The Hall–Kier alpha value is -12.2. The molecule has 0 bridgehead atoms. The summed E-state index contributed by atoms with van der Waals surface area (Å²) in [5.41, 5.74) is 23.4. The second-order valence-electron chi connectivity index (χ2n) is 27.0. The van der Waals surface area contributed by atoms with Gasteiger partial charge < -0.3 is 9.47 Å². The Labute approximate surface area is 616 Å². The van der Waals surface area contributed by atoms with E-state index in [1.54, 1.807) is 0 Å². The quantitative estimate of drug-likeness (QED) is 0.0276. The van der Waals surface area contributed by atoms with Gasteiger partial charge >= 0.3 is 0 Å². The Morgan fingerprint density at radius 1 is 0.183 bits per heavy atom. The first kappa shape index (κ1) is 68.9. The third-order valence-corrected chi connectivity index (χ3v) is 20.5. The van der Waals surface area contributed by atoms with Crippen molar-refractivity contribution in [3.8, 4) is 102 Å². The molecule has 506 valence electrons. The Morgan fingerprint density at radius 2 is 0.375 bits per heavy atom. The summed E-state index contributed by atoms with van der Waals surface area (Å²) >= 11 is 0. The third kappa shape index (κ3) is 16.9. The molecule has 14 rings (SSSR count). The van der Waals surface area contributed by atoms with Crippen molar-refractivity contribution in [1.29, 1.82) is 0 Å². The van der Waals surface area contributed by atoms with Crippen LogP contribution in [0.4, 0.5) is 0 Å². The van der Waals surface area contributed by atoms with Crippen molar-refractivity contribution < 1.29 is 9.47 Å². The van der Waals surface area contributed by atoms with Crippen LogP contribution in [-0.4, -0.2) is 13.2 Å². The highest BCUT2D eigenvalue weighted by Crippen LogP contribution is 2.48. The first-order valence-electron chi connectivity index (χ1n) is 37.0. The predicted molar refractivity (Wildman–Crippen MR) is 435 cm³/mol. The number of benzene rings is 14. The standard InChI is InChI=1S/C102H86O2/c1(25-75-101(93-59-47-87(48-60-93)81-31-11-5-12-32-81,94-61-49-88(50-62-94)82-33-13-6-14-34-82)95-63-51-89(52-64-95)83-35-15-7-16-36-83)3-27-77-103-99-71-43-79(44-72-99)29-23-24-30-80-45-73-100(74-46-80)104-78-28-4-2-26-76-102(96-65-53-90(54-66-96)84-37-17-8-18-38-84,97-67-55-91(56-68-97)85-39-19-9-20-40-85)98-69-57-92(58-70-98)86-41-21-10-22-42-86/h5-22,31-74H,1-4,25-28,75-78H2. The van der Waals surface area contributed by atoms with E-state index in [1.807, 2.05) is 48.5 Å². The smallest absolute Gasteiger partial charge is 0.119 e. The molecule has 0 atom stereocenters. The molecule has 0 aliphatic heterocycles. The van der Waals surface area contributed by atoms with Crippen LogP contribution < -0.4 is 9.47 Å². The number of hydrogen-bond acceptors (Lipinski definition) is 2. The topological polar surface area (TPSA) is 18.5 Å². The van der Waals surface area contributed by atoms with Gasteiger partial charge in [0.25, 0.3) is 0 Å². The second kappa shape index (κ2) is 34.4. The molecule has 104 heavy (non-hydrogen) atoms. The summed E-state index contributed by atoms with van der Waals surface area (Å²) in [4.78, 5) is 0. The minimum atomic E-state index is -0.383. The molecule has 0 saturated carbocycles. The number of hydrogen-bond donors (Lipinski definition) is 0. The van der Waals surface area contributed by atoms with Gasteiger partial charge in [0.1, 0.15) is 11.5 Å². The molecule has 2 nitrogen and oxygen atoms in total. The molecule has 0 unspecified atom stereocenters. The van der Waals surface area contributed by atoms with Crippen molar-refractivity contribution in [2.45, 2.75) is 75.0 Å². The van der Waals surface area contributed by atoms with E-state index in [0.717, 1.165) is 86.8 Å². The summed E-state index contributed by atoms with van der Waals surface area (Å²) in [6.45, 7) is 1.31. The van der Waals surface area contributed by atoms with Gasteiger partial charge in [-0.3, -0.25) is 0 Å². The average molecular weight is 1340 g/mol. The average Bonchev–Trinajstić information content (AvgIpc) is 0.754. The van der Waals surface area contributed by atoms with E-state index in [4.69, 9.17) is 9.47 Å². The fourth-order valence-corrected chi connectivity index (χ4v) is 14.9. The van der Waals surface area contributed by atoms with Gasteiger partial charge in [0.05, 0.1) is 13.2 Å². The fraction of sp³-hybridized carbons (Fsp3) is 0.137. The molecular formula is C102H86O2. The molecule has 0 aliphatic rings. The van der Waals surface area contributed by atoms with Crippen LogP contribution in [0.25, 0.3) is 66.8 Å². The van der Waals surface area contributed by atoms with Crippen molar-refractivity contribution in [3.05, 3.63) is 421 Å². The van der Waals surface area contributed by atoms with Gasteiger partial charge in [0, 0.05) is 22.0 Å². The van der Waals surface area contributed by atoms with Crippen molar-refractivity contribution >= 4 is 0 Å². The Morgan fingerprint density at radius 3 is 0.587 bits per heavy atom. The van der Waals surface area contributed by atoms with Crippen LogP contribution in [-0.2, 0) is 10.8 Å². The van der Waals surface area contributed by atoms with E-state index in [2.05, 4.69) is 351 Å². The molecule has 0 radical (unpaired) electrons. The molecule has 14 aromatic rings. The van der Waals surface area contributed by atoms with Crippen LogP contribution in [0.2, 0.25) is 0 Å². The maximum atomic E-state index is 6.30. The van der Waals surface area contributed by atoms with E-state index in [0.29, 0.717) is 13.2 Å². The van der Waals surface area contributed by atoms with Gasteiger partial charge in [0.2, 0.25) is 0 Å². The zero-order valence-corrected chi connectivity index (χ0v) is 59.1. The lowest BCUT2D eigenvalue weighted by Gasteiger charge is -2.37. The molecule has 0 N–H and O–H groups in total. The van der Waals surface area contributed by atoms with Crippen molar-refractivity contribution in [2.24, 2.45) is 0 Å². The normalized spacial score (nSPS) is 11.2. The van der Waals surface area contributed by atoms with Gasteiger partial charge in [-0.05, 0) is 186 Å². The van der Waals surface area contributed by atoms with E-state index >= 15 is 0 Å². The first-order valence-corrected chi connectivity index (χ1v) is 37.0. The molecule has 0 aromatic heterocycles. The summed E-state index contributed by atoms with van der Waals surface area (Å²) in [6, 6.07) is 136. The lowest BCUT2D eigenvalue weighted by Crippen LogP contribution is -2.29. The van der Waals surface area contributed by atoms with E-state index in [1.165, 1.54) is 100 Å². The molecule has 0 aliphatic carbocycles. The third-order valence-electron chi connectivity index (χ3n) is 20.5. The van der Waals surface area contributed by atoms with Gasteiger partial charge in [-0.2, -0.15) is 0 Å². The van der Waals surface area contributed by atoms with E-state index < -0.39 is 0 Å². The molecule has 0 spiro atoms. The highest BCUT2D eigenvalue weighted by Gasteiger charge is 2.38. The minimum absolute atomic E-state index is 0.383. The van der Waals surface area contributed by atoms with Gasteiger partial charge in [-0.25, -0.2) is 0 Å². The number of ether oxygens (including phenoxy) is 2. The van der Waals surface area contributed by atoms with E-state index in [9.17, 15) is 0 Å². The minimum Gasteiger partial charge on any atom is -0.494 e. The summed E-state index contributed by atoms with van der Waals surface area (Å²) in [5, 5.41) is 0. The Balaban J connectivity index is 0.567. The van der Waals surface area contributed by atoms with Gasteiger partial charge in [-0.1, -0.05) is 378 Å². The maximum Gasteiger partial charge on any atom is 0.119 e. The molecule has 0 heterocycles. The summed E-state index contributed by atoms with van der Waals surface area (Å²) < 4.78 is 12.6. The molecule has 0 saturated heterocycles. The molecule has 0 fully saturated rings. The number of rotatable bonds is 28. The summed E-state index contributed by atoms with van der Waals surface area (Å²) in [7, 11) is 0. The zero-order valence-electron chi connectivity index (χ0n) is 59.1. The Kier molecular flexibility index (Phi) is 22.8. The maximum absolute atomic E-state index is 6.30.